The number of amides is 2. The van der Waals surface area contributed by atoms with Crippen LogP contribution in [0.4, 0.5) is 0 Å². The Labute approximate surface area is 135 Å². The van der Waals surface area contributed by atoms with E-state index in [4.69, 9.17) is 4.74 Å². The van der Waals surface area contributed by atoms with E-state index in [2.05, 4.69) is 0 Å². The molecule has 1 aliphatic rings. The fourth-order valence-electron chi connectivity index (χ4n) is 2.42. The zero-order valence-electron chi connectivity index (χ0n) is 13.4. The number of hydrogen-bond acceptors (Lipinski definition) is 4. The third-order valence-corrected chi connectivity index (χ3v) is 3.70. The summed E-state index contributed by atoms with van der Waals surface area (Å²) in [6.07, 6.45) is 2.34. The highest BCUT2D eigenvalue weighted by Gasteiger charge is 2.34. The van der Waals surface area contributed by atoms with Crippen LogP contribution in [0.2, 0.25) is 0 Å². The molecule has 118 valence electrons. The first-order chi connectivity index (χ1) is 11.0. The maximum Gasteiger partial charge on any atom is 0.271 e. The van der Waals surface area contributed by atoms with Crippen LogP contribution in [0.3, 0.4) is 0 Å². The van der Waals surface area contributed by atoms with Crippen LogP contribution in [-0.2, 0) is 9.59 Å². The van der Waals surface area contributed by atoms with Crippen LogP contribution < -0.4 is 4.74 Å². The largest absolute Gasteiger partial charge is 0.497 e. The SMILES string of the molecule is CCCN1C(=O)C(=Cc2ccc(OC)cc2)C(C)=C(C#N)C1=O. The summed E-state index contributed by atoms with van der Waals surface area (Å²) in [5.74, 6) is -0.150. The van der Waals surface area contributed by atoms with Gasteiger partial charge in [-0.2, -0.15) is 5.26 Å². The second-order valence-electron chi connectivity index (χ2n) is 5.20. The Hall–Kier alpha value is -2.87. The summed E-state index contributed by atoms with van der Waals surface area (Å²) in [6, 6.07) is 9.14. The number of nitriles is 1. The molecule has 0 unspecified atom stereocenters. The standard InChI is InChI=1S/C18H18N2O3/c1-4-9-20-17(21)15(12(2)16(11-19)18(20)22)10-13-5-7-14(23-3)8-6-13/h5-8,10H,4,9H2,1-3H3. The number of benzene rings is 1. The Morgan fingerprint density at radius 2 is 1.87 bits per heavy atom. The Bertz CT molecular complexity index is 737. The minimum atomic E-state index is -0.510. The first-order valence-electron chi connectivity index (χ1n) is 7.36. The molecule has 1 aromatic rings. The molecule has 1 aliphatic heterocycles. The quantitative estimate of drug-likeness (QED) is 0.633. The zero-order chi connectivity index (χ0) is 17.0. The van der Waals surface area contributed by atoms with E-state index >= 15 is 0 Å². The predicted octanol–water partition coefficient (Wildman–Crippen LogP) is 2.70. The Kier molecular flexibility index (Phi) is 4.97. The average molecular weight is 310 g/mol. The third-order valence-electron chi connectivity index (χ3n) is 3.70. The van der Waals surface area contributed by atoms with Gasteiger partial charge in [0.2, 0.25) is 0 Å². The minimum Gasteiger partial charge on any atom is -0.497 e. The molecule has 0 saturated heterocycles. The fourth-order valence-corrected chi connectivity index (χ4v) is 2.42. The summed E-state index contributed by atoms with van der Waals surface area (Å²) in [4.78, 5) is 26.0. The second-order valence-corrected chi connectivity index (χ2v) is 5.20. The summed E-state index contributed by atoms with van der Waals surface area (Å²) >= 11 is 0. The lowest BCUT2D eigenvalue weighted by Crippen LogP contribution is -2.43. The van der Waals surface area contributed by atoms with E-state index < -0.39 is 5.91 Å². The van der Waals surface area contributed by atoms with E-state index in [1.54, 1.807) is 32.2 Å². The molecule has 5 nitrogen and oxygen atoms in total. The molecule has 0 radical (unpaired) electrons. The Balaban J connectivity index is 2.51. The molecular formula is C18H18N2O3. The molecule has 1 heterocycles. The lowest BCUT2D eigenvalue weighted by molar-refractivity contribution is -0.140. The van der Waals surface area contributed by atoms with Crippen LogP contribution in [-0.4, -0.2) is 30.4 Å². The van der Waals surface area contributed by atoms with E-state index in [0.717, 1.165) is 16.2 Å². The number of nitrogens with zero attached hydrogens (tertiary/aromatic N) is 2. The molecule has 0 spiro atoms. The molecule has 0 bridgehead atoms. The van der Waals surface area contributed by atoms with Crippen molar-refractivity contribution in [3.8, 4) is 11.8 Å². The maximum absolute atomic E-state index is 12.6. The molecule has 0 atom stereocenters. The van der Waals surface area contributed by atoms with Gasteiger partial charge >= 0.3 is 0 Å². The Morgan fingerprint density at radius 1 is 1.22 bits per heavy atom. The molecule has 5 heteroatoms. The Morgan fingerprint density at radius 3 is 2.39 bits per heavy atom. The van der Waals surface area contributed by atoms with E-state index in [0.29, 0.717) is 24.1 Å². The van der Waals surface area contributed by atoms with Gasteiger partial charge in [-0.1, -0.05) is 19.1 Å². The molecule has 2 rings (SSSR count). The van der Waals surface area contributed by atoms with Gasteiger partial charge < -0.3 is 4.74 Å². The van der Waals surface area contributed by atoms with Gasteiger partial charge in [0.05, 0.1) is 7.11 Å². The highest BCUT2D eigenvalue weighted by molar-refractivity contribution is 6.19. The van der Waals surface area contributed by atoms with E-state index in [1.807, 2.05) is 25.1 Å². The van der Waals surface area contributed by atoms with Crippen LogP contribution in [0.15, 0.2) is 41.0 Å². The number of imide groups is 1. The van der Waals surface area contributed by atoms with Gasteiger partial charge in [-0.15, -0.1) is 0 Å². The van der Waals surface area contributed by atoms with Gasteiger partial charge in [-0.25, -0.2) is 0 Å². The van der Waals surface area contributed by atoms with Crippen molar-refractivity contribution in [1.82, 2.24) is 4.90 Å². The van der Waals surface area contributed by atoms with Crippen molar-refractivity contribution in [3.63, 3.8) is 0 Å². The van der Waals surface area contributed by atoms with Crippen LogP contribution >= 0.6 is 0 Å². The highest BCUT2D eigenvalue weighted by Crippen LogP contribution is 2.27. The summed E-state index contributed by atoms with van der Waals surface area (Å²) in [7, 11) is 1.58. The van der Waals surface area contributed by atoms with Gasteiger partial charge in [-0.3, -0.25) is 14.5 Å². The lowest BCUT2D eigenvalue weighted by atomic mass is 9.93. The minimum absolute atomic E-state index is 0.0258. The van der Waals surface area contributed by atoms with Crippen LogP contribution in [0.25, 0.3) is 6.08 Å². The monoisotopic (exact) mass is 310 g/mol. The predicted molar refractivity (Wildman–Crippen MR) is 86.3 cm³/mol. The third kappa shape index (κ3) is 3.16. The van der Waals surface area contributed by atoms with E-state index in [9.17, 15) is 14.9 Å². The van der Waals surface area contributed by atoms with Crippen LogP contribution in [0.5, 0.6) is 5.75 Å². The lowest BCUT2D eigenvalue weighted by Gasteiger charge is -2.27. The molecular weight excluding hydrogens is 292 g/mol. The van der Waals surface area contributed by atoms with Crippen molar-refractivity contribution in [3.05, 3.63) is 46.5 Å². The van der Waals surface area contributed by atoms with Crippen molar-refractivity contribution in [2.24, 2.45) is 0 Å². The number of ether oxygens (including phenoxy) is 1. The average Bonchev–Trinajstić information content (AvgIpc) is 2.56. The van der Waals surface area contributed by atoms with E-state index in [-0.39, 0.29) is 11.5 Å². The molecule has 0 aliphatic carbocycles. The molecule has 0 fully saturated rings. The van der Waals surface area contributed by atoms with Crippen molar-refractivity contribution in [1.29, 1.82) is 5.26 Å². The number of methoxy groups -OCH3 is 1. The second kappa shape index (κ2) is 6.93. The van der Waals surface area contributed by atoms with Crippen molar-refractivity contribution in [2.75, 3.05) is 13.7 Å². The van der Waals surface area contributed by atoms with Gasteiger partial charge in [0.25, 0.3) is 11.8 Å². The van der Waals surface area contributed by atoms with Gasteiger partial charge in [0.15, 0.2) is 0 Å². The molecule has 1 aromatic carbocycles. The number of carbonyl (C=O) groups is 2. The van der Waals surface area contributed by atoms with Crippen LogP contribution in [0.1, 0.15) is 25.8 Å². The normalized spacial score (nSPS) is 16.8. The van der Waals surface area contributed by atoms with Gasteiger partial charge in [-0.05, 0) is 42.7 Å². The summed E-state index contributed by atoms with van der Waals surface area (Å²) in [5.41, 5.74) is 1.62. The van der Waals surface area contributed by atoms with Crippen molar-refractivity contribution >= 4 is 17.9 Å². The van der Waals surface area contributed by atoms with Crippen molar-refractivity contribution in [2.45, 2.75) is 20.3 Å². The summed E-state index contributed by atoms with van der Waals surface area (Å²) < 4.78 is 5.11. The summed E-state index contributed by atoms with van der Waals surface area (Å²) in [5, 5.41) is 9.25. The molecule has 0 saturated carbocycles. The molecule has 23 heavy (non-hydrogen) atoms. The first-order valence-corrected chi connectivity index (χ1v) is 7.36. The fraction of sp³-hybridized carbons (Fsp3) is 0.278. The van der Waals surface area contributed by atoms with E-state index in [1.165, 1.54) is 0 Å². The molecule has 0 N–H and O–H groups in total. The smallest absolute Gasteiger partial charge is 0.271 e. The maximum atomic E-state index is 12.6. The van der Waals surface area contributed by atoms with Crippen LogP contribution in [0, 0.1) is 11.3 Å². The van der Waals surface area contributed by atoms with Crippen molar-refractivity contribution < 1.29 is 14.3 Å². The number of rotatable bonds is 4. The molecule has 2 amide bonds. The first kappa shape index (κ1) is 16.5. The van der Waals surface area contributed by atoms with Gasteiger partial charge in [0, 0.05) is 12.1 Å². The topological polar surface area (TPSA) is 70.4 Å². The zero-order valence-corrected chi connectivity index (χ0v) is 13.4. The van der Waals surface area contributed by atoms with Gasteiger partial charge in [0.1, 0.15) is 17.4 Å². The molecule has 0 aromatic heterocycles. The number of carbonyl (C=O) groups excluding carboxylic acids is 2. The number of hydrogen-bond donors (Lipinski definition) is 0. The summed E-state index contributed by atoms with van der Waals surface area (Å²) in [6.45, 7) is 3.81. The highest BCUT2D eigenvalue weighted by atomic mass is 16.5.